The molecule has 1 amide bonds. The number of primary sulfonamides is 1. The lowest BCUT2D eigenvalue weighted by atomic mass is 10.2. The first-order valence-electron chi connectivity index (χ1n) is 8.29. The zero-order chi connectivity index (χ0) is 22.5. The molecule has 30 heavy (non-hydrogen) atoms. The molecule has 12 heteroatoms. The molecular weight excluding hydrogens is 426 g/mol. The van der Waals surface area contributed by atoms with E-state index in [1.54, 1.807) is 0 Å². The molecule has 0 aromatic heterocycles. The van der Waals surface area contributed by atoms with Gasteiger partial charge in [-0.2, -0.15) is 8.78 Å². The smallest absolute Gasteiger partial charge is 0.387 e. The lowest BCUT2D eigenvalue weighted by Gasteiger charge is -2.16. The van der Waals surface area contributed by atoms with Gasteiger partial charge in [-0.3, -0.25) is 4.79 Å². The third kappa shape index (κ3) is 5.87. The number of para-hydroxylation sites is 2. The fourth-order valence-electron chi connectivity index (χ4n) is 2.31. The lowest BCUT2D eigenvalue weighted by Crippen LogP contribution is -2.30. The molecule has 0 aliphatic heterocycles. The Bertz CT molecular complexity index is 1040. The number of nitrogens with two attached hydrogens (primary N) is 1. The maximum atomic E-state index is 12.5. The average molecular weight is 444 g/mol. The van der Waals surface area contributed by atoms with Crippen LogP contribution in [0.25, 0.3) is 0 Å². The Balaban J connectivity index is 2.14. The fourth-order valence-corrected chi connectivity index (χ4v) is 3.03. The van der Waals surface area contributed by atoms with E-state index in [9.17, 15) is 26.8 Å². The minimum Gasteiger partial charge on any atom is -0.495 e. The van der Waals surface area contributed by atoms with Crippen molar-refractivity contribution in [3.05, 3.63) is 48.0 Å². The molecule has 2 aromatic carbocycles. The molecule has 162 valence electrons. The van der Waals surface area contributed by atoms with E-state index in [4.69, 9.17) is 14.6 Å². The molecule has 0 saturated heterocycles. The van der Waals surface area contributed by atoms with Crippen LogP contribution in [0.4, 0.5) is 14.5 Å². The molecule has 0 radical (unpaired) electrons. The number of halogens is 2. The van der Waals surface area contributed by atoms with Gasteiger partial charge in [0.25, 0.3) is 5.91 Å². The number of benzene rings is 2. The molecule has 0 aliphatic carbocycles. The van der Waals surface area contributed by atoms with Gasteiger partial charge in [0.05, 0.1) is 18.4 Å². The zero-order valence-corrected chi connectivity index (χ0v) is 16.6. The second-order valence-electron chi connectivity index (χ2n) is 5.82. The van der Waals surface area contributed by atoms with Gasteiger partial charge in [-0.05, 0) is 37.3 Å². The van der Waals surface area contributed by atoms with Crippen molar-refractivity contribution in [3.8, 4) is 11.5 Å². The molecule has 9 nitrogen and oxygen atoms in total. The molecule has 0 unspecified atom stereocenters. The van der Waals surface area contributed by atoms with E-state index >= 15 is 0 Å². The number of amides is 1. The van der Waals surface area contributed by atoms with Gasteiger partial charge in [-0.25, -0.2) is 18.4 Å². The predicted molar refractivity (Wildman–Crippen MR) is 101 cm³/mol. The van der Waals surface area contributed by atoms with Crippen molar-refractivity contribution in [1.29, 1.82) is 0 Å². The van der Waals surface area contributed by atoms with Crippen molar-refractivity contribution in [1.82, 2.24) is 0 Å². The van der Waals surface area contributed by atoms with E-state index in [1.807, 2.05) is 0 Å². The Kier molecular flexibility index (Phi) is 7.29. The summed E-state index contributed by atoms with van der Waals surface area (Å²) in [7, 11) is -2.96. The van der Waals surface area contributed by atoms with Crippen molar-refractivity contribution in [2.24, 2.45) is 5.14 Å². The van der Waals surface area contributed by atoms with E-state index in [-0.39, 0.29) is 22.7 Å². The minimum atomic E-state index is -4.19. The number of nitrogens with one attached hydrogen (secondary N) is 1. The SMILES string of the molecule is COc1ccc(C(=O)O[C@@H](C)C(=O)Nc2ccccc2OC(F)F)cc1S(N)(=O)=O. The molecule has 0 heterocycles. The molecule has 3 N–H and O–H groups in total. The van der Waals surface area contributed by atoms with E-state index in [2.05, 4.69) is 10.1 Å². The number of rotatable bonds is 8. The van der Waals surface area contributed by atoms with Crippen LogP contribution in [0.1, 0.15) is 17.3 Å². The summed E-state index contributed by atoms with van der Waals surface area (Å²) in [5, 5.41) is 7.41. The number of anilines is 1. The Morgan fingerprint density at radius 2 is 1.77 bits per heavy atom. The summed E-state index contributed by atoms with van der Waals surface area (Å²) in [6.07, 6.45) is -1.35. The highest BCUT2D eigenvalue weighted by molar-refractivity contribution is 7.89. The Morgan fingerprint density at radius 1 is 1.10 bits per heavy atom. The zero-order valence-electron chi connectivity index (χ0n) is 15.8. The van der Waals surface area contributed by atoms with Crippen molar-refractivity contribution in [2.75, 3.05) is 12.4 Å². The van der Waals surface area contributed by atoms with Crippen LogP contribution in [0, 0.1) is 0 Å². The van der Waals surface area contributed by atoms with E-state index < -0.39 is 39.5 Å². The van der Waals surface area contributed by atoms with E-state index in [0.29, 0.717) is 0 Å². The molecule has 0 bridgehead atoms. The van der Waals surface area contributed by atoms with Gasteiger partial charge in [0.15, 0.2) is 6.10 Å². The second-order valence-corrected chi connectivity index (χ2v) is 7.35. The Labute approximate surface area is 170 Å². The molecule has 0 spiro atoms. The Hall–Kier alpha value is -3.25. The van der Waals surface area contributed by atoms with Crippen LogP contribution in [-0.2, 0) is 19.6 Å². The molecule has 2 aromatic rings. The topological polar surface area (TPSA) is 134 Å². The summed E-state index contributed by atoms with van der Waals surface area (Å²) < 4.78 is 62.4. The Morgan fingerprint density at radius 3 is 2.37 bits per heavy atom. The molecule has 0 aliphatic rings. The fraction of sp³-hybridized carbons (Fsp3) is 0.222. The summed E-state index contributed by atoms with van der Waals surface area (Å²) in [6.45, 7) is -1.85. The summed E-state index contributed by atoms with van der Waals surface area (Å²) in [4.78, 5) is 24.1. The highest BCUT2D eigenvalue weighted by atomic mass is 32.2. The summed E-state index contributed by atoms with van der Waals surface area (Å²) in [5.41, 5.74) is -0.243. The minimum absolute atomic E-state index is 0.0494. The van der Waals surface area contributed by atoms with Gasteiger partial charge in [-0.1, -0.05) is 12.1 Å². The van der Waals surface area contributed by atoms with Gasteiger partial charge in [0.1, 0.15) is 16.4 Å². The van der Waals surface area contributed by atoms with Gasteiger partial charge in [0.2, 0.25) is 10.0 Å². The van der Waals surface area contributed by atoms with Crippen LogP contribution in [-0.4, -0.2) is 40.1 Å². The van der Waals surface area contributed by atoms with Crippen LogP contribution in [0.3, 0.4) is 0 Å². The van der Waals surface area contributed by atoms with Crippen molar-refractivity contribution in [3.63, 3.8) is 0 Å². The lowest BCUT2D eigenvalue weighted by molar-refractivity contribution is -0.123. The molecular formula is C18H18F2N2O7S. The van der Waals surface area contributed by atoms with Crippen LogP contribution >= 0.6 is 0 Å². The number of carbonyl (C=O) groups excluding carboxylic acids is 2. The number of alkyl halides is 2. The van der Waals surface area contributed by atoms with Crippen LogP contribution in [0.2, 0.25) is 0 Å². The average Bonchev–Trinajstić information content (AvgIpc) is 2.67. The maximum absolute atomic E-state index is 12.5. The highest BCUT2D eigenvalue weighted by Crippen LogP contribution is 2.26. The number of sulfonamides is 1. The maximum Gasteiger partial charge on any atom is 0.387 e. The molecule has 0 fully saturated rings. The van der Waals surface area contributed by atoms with E-state index in [1.165, 1.54) is 50.4 Å². The number of hydrogen-bond donors (Lipinski definition) is 2. The third-order valence-electron chi connectivity index (χ3n) is 3.72. The van der Waals surface area contributed by atoms with E-state index in [0.717, 1.165) is 6.07 Å². The largest absolute Gasteiger partial charge is 0.495 e. The summed E-state index contributed by atoms with van der Waals surface area (Å²) in [6, 6.07) is 8.86. The number of methoxy groups -OCH3 is 1. The number of hydrogen-bond acceptors (Lipinski definition) is 7. The molecule has 2 rings (SSSR count). The van der Waals surface area contributed by atoms with Gasteiger partial charge in [-0.15, -0.1) is 0 Å². The first-order chi connectivity index (χ1) is 14.0. The van der Waals surface area contributed by atoms with Crippen LogP contribution in [0.15, 0.2) is 47.4 Å². The normalized spacial score (nSPS) is 12.2. The first kappa shape index (κ1) is 23.0. The number of ether oxygens (including phenoxy) is 3. The van der Waals surface area contributed by atoms with Crippen LogP contribution < -0.4 is 19.9 Å². The summed E-state index contributed by atoms with van der Waals surface area (Å²) >= 11 is 0. The summed E-state index contributed by atoms with van der Waals surface area (Å²) in [5.74, 6) is -2.18. The van der Waals surface area contributed by atoms with Gasteiger partial charge >= 0.3 is 12.6 Å². The standard InChI is InChI=1S/C18H18F2N2O7S/c1-10(16(23)22-12-5-3-4-6-13(12)29-18(19)20)28-17(24)11-7-8-14(27-2)15(9-11)30(21,25)26/h3-10,18H,1-2H3,(H,22,23)(H2,21,25,26)/t10-/m0/s1. The monoisotopic (exact) mass is 444 g/mol. The quantitative estimate of drug-likeness (QED) is 0.596. The van der Waals surface area contributed by atoms with Crippen LogP contribution in [0.5, 0.6) is 11.5 Å². The first-order valence-corrected chi connectivity index (χ1v) is 9.84. The number of esters is 1. The van der Waals surface area contributed by atoms with Crippen molar-refractivity contribution in [2.45, 2.75) is 24.5 Å². The van der Waals surface area contributed by atoms with Crippen molar-refractivity contribution >= 4 is 27.6 Å². The number of carbonyl (C=O) groups is 2. The van der Waals surface area contributed by atoms with Gasteiger partial charge in [0, 0.05) is 0 Å². The second kappa shape index (κ2) is 9.50. The van der Waals surface area contributed by atoms with Gasteiger partial charge < -0.3 is 19.5 Å². The molecule has 1 atom stereocenters. The molecule has 0 saturated carbocycles. The predicted octanol–water partition coefficient (Wildman–Crippen LogP) is 2.13. The van der Waals surface area contributed by atoms with Crippen molar-refractivity contribution < 1.29 is 41.0 Å². The third-order valence-corrected chi connectivity index (χ3v) is 4.65. The highest BCUT2D eigenvalue weighted by Gasteiger charge is 2.23.